The minimum atomic E-state index is 0.101. The van der Waals surface area contributed by atoms with E-state index in [2.05, 4.69) is 22.8 Å². The van der Waals surface area contributed by atoms with Gasteiger partial charge in [0.25, 0.3) is 0 Å². The summed E-state index contributed by atoms with van der Waals surface area (Å²) in [4.78, 5) is 12.2. The maximum Gasteiger partial charge on any atom is 0.221 e. The highest BCUT2D eigenvalue weighted by molar-refractivity contribution is 6.30. The lowest BCUT2D eigenvalue weighted by Crippen LogP contribution is -2.40. The van der Waals surface area contributed by atoms with Gasteiger partial charge in [0.15, 0.2) is 0 Å². The van der Waals surface area contributed by atoms with Crippen molar-refractivity contribution in [3.63, 3.8) is 0 Å². The second-order valence-corrected chi connectivity index (χ2v) is 7.20. The Kier molecular flexibility index (Phi) is 5.04. The van der Waals surface area contributed by atoms with Crippen LogP contribution in [0.25, 0.3) is 0 Å². The van der Waals surface area contributed by atoms with Crippen molar-refractivity contribution in [2.75, 3.05) is 13.1 Å². The molecule has 120 valence electrons. The number of amides is 1. The van der Waals surface area contributed by atoms with E-state index < -0.39 is 0 Å². The van der Waals surface area contributed by atoms with E-state index in [0.717, 1.165) is 37.4 Å². The minimum Gasteiger partial charge on any atom is -0.355 e. The first kappa shape index (κ1) is 15.8. The van der Waals surface area contributed by atoms with Crippen molar-refractivity contribution in [1.82, 2.24) is 10.6 Å². The summed E-state index contributed by atoms with van der Waals surface area (Å²) in [6, 6.07) is 8.54. The number of rotatable bonds is 5. The van der Waals surface area contributed by atoms with Gasteiger partial charge in [0.05, 0.1) is 0 Å². The molecule has 1 heterocycles. The van der Waals surface area contributed by atoms with Gasteiger partial charge in [0.1, 0.15) is 0 Å². The van der Waals surface area contributed by atoms with Gasteiger partial charge in [-0.1, -0.05) is 36.6 Å². The Bertz CT molecular complexity index is 502. The SMILES string of the molecule is O=C(CC1CCCN1)NCC1(c2ccc(Cl)cc2)CCCC1. The van der Waals surface area contributed by atoms with E-state index in [9.17, 15) is 4.79 Å². The zero-order chi connectivity index (χ0) is 15.4. The van der Waals surface area contributed by atoms with Crippen molar-refractivity contribution in [2.45, 2.75) is 56.4 Å². The summed E-state index contributed by atoms with van der Waals surface area (Å²) in [6.07, 6.45) is 7.69. The average molecular weight is 321 g/mol. The molecule has 2 N–H and O–H groups in total. The van der Waals surface area contributed by atoms with E-state index in [0.29, 0.717) is 12.5 Å². The van der Waals surface area contributed by atoms with Crippen LogP contribution in [0.4, 0.5) is 0 Å². The fourth-order valence-corrected chi connectivity index (χ4v) is 4.04. The summed E-state index contributed by atoms with van der Waals surface area (Å²) in [5.41, 5.74) is 1.41. The predicted octanol–water partition coefficient (Wildman–Crippen LogP) is 3.41. The molecule has 1 amide bonds. The van der Waals surface area contributed by atoms with Crippen LogP contribution in [0, 0.1) is 0 Å². The standard InChI is InChI=1S/C18H25ClN2O/c19-15-7-5-14(6-8-15)18(9-1-2-10-18)13-21-17(22)12-16-4-3-11-20-16/h5-8,16,20H,1-4,9-13H2,(H,21,22). The molecule has 1 saturated carbocycles. The highest BCUT2D eigenvalue weighted by Gasteiger charge is 2.36. The van der Waals surface area contributed by atoms with Crippen molar-refractivity contribution in [3.05, 3.63) is 34.9 Å². The third kappa shape index (κ3) is 3.64. The Labute approximate surface area is 137 Å². The number of hydrogen-bond donors (Lipinski definition) is 2. The summed E-state index contributed by atoms with van der Waals surface area (Å²) >= 11 is 6.01. The summed E-state index contributed by atoms with van der Waals surface area (Å²) in [7, 11) is 0. The van der Waals surface area contributed by atoms with Crippen LogP contribution in [-0.4, -0.2) is 25.0 Å². The van der Waals surface area contributed by atoms with Gasteiger partial charge >= 0.3 is 0 Å². The Hall–Kier alpha value is -1.06. The van der Waals surface area contributed by atoms with Crippen LogP contribution in [0.15, 0.2) is 24.3 Å². The molecule has 0 radical (unpaired) electrons. The first-order chi connectivity index (χ1) is 10.7. The normalized spacial score (nSPS) is 23.6. The van der Waals surface area contributed by atoms with Gasteiger partial charge in [-0.2, -0.15) is 0 Å². The van der Waals surface area contributed by atoms with Crippen LogP contribution in [0.2, 0.25) is 5.02 Å². The number of carbonyl (C=O) groups excluding carboxylic acids is 1. The van der Waals surface area contributed by atoms with Gasteiger partial charge in [-0.05, 0) is 49.9 Å². The summed E-state index contributed by atoms with van der Waals surface area (Å²) in [6.45, 7) is 1.80. The molecule has 1 aromatic rings. The summed E-state index contributed by atoms with van der Waals surface area (Å²) in [5, 5.41) is 7.35. The monoisotopic (exact) mass is 320 g/mol. The molecule has 1 saturated heterocycles. The molecule has 1 unspecified atom stereocenters. The first-order valence-corrected chi connectivity index (χ1v) is 8.82. The van der Waals surface area contributed by atoms with Crippen LogP contribution >= 0.6 is 11.6 Å². The largest absolute Gasteiger partial charge is 0.355 e. The first-order valence-electron chi connectivity index (χ1n) is 8.44. The lowest BCUT2D eigenvalue weighted by atomic mass is 9.79. The fraction of sp³-hybridized carbons (Fsp3) is 0.611. The van der Waals surface area contributed by atoms with E-state index in [-0.39, 0.29) is 11.3 Å². The number of halogens is 1. The van der Waals surface area contributed by atoms with Crippen LogP contribution in [0.1, 0.15) is 50.5 Å². The second-order valence-electron chi connectivity index (χ2n) is 6.77. The summed E-state index contributed by atoms with van der Waals surface area (Å²) in [5.74, 6) is 0.180. The topological polar surface area (TPSA) is 41.1 Å². The van der Waals surface area contributed by atoms with Gasteiger partial charge in [-0.3, -0.25) is 4.79 Å². The highest BCUT2D eigenvalue weighted by atomic mass is 35.5. The van der Waals surface area contributed by atoms with Gasteiger partial charge < -0.3 is 10.6 Å². The Balaban J connectivity index is 1.61. The van der Waals surface area contributed by atoms with Gasteiger partial charge in [0, 0.05) is 29.4 Å². The lowest BCUT2D eigenvalue weighted by molar-refractivity contribution is -0.121. The predicted molar refractivity (Wildman–Crippen MR) is 90.2 cm³/mol. The third-order valence-corrected chi connectivity index (χ3v) is 5.49. The van der Waals surface area contributed by atoms with Crippen LogP contribution < -0.4 is 10.6 Å². The molecule has 1 aromatic carbocycles. The second kappa shape index (κ2) is 7.01. The van der Waals surface area contributed by atoms with Crippen LogP contribution in [0.3, 0.4) is 0 Å². The number of hydrogen-bond acceptors (Lipinski definition) is 2. The maximum atomic E-state index is 12.2. The molecule has 0 aromatic heterocycles. The minimum absolute atomic E-state index is 0.101. The molecular formula is C18H25ClN2O. The third-order valence-electron chi connectivity index (χ3n) is 5.24. The Morgan fingerprint density at radius 1 is 1.23 bits per heavy atom. The molecule has 1 aliphatic carbocycles. The van der Waals surface area contributed by atoms with Crippen molar-refractivity contribution in [2.24, 2.45) is 0 Å². The number of nitrogens with one attached hydrogen (secondary N) is 2. The fourth-order valence-electron chi connectivity index (χ4n) is 3.92. The molecule has 2 aliphatic rings. The zero-order valence-corrected chi connectivity index (χ0v) is 13.8. The van der Waals surface area contributed by atoms with Crippen LogP contribution in [-0.2, 0) is 10.2 Å². The molecular weight excluding hydrogens is 296 g/mol. The van der Waals surface area contributed by atoms with Crippen molar-refractivity contribution in [3.8, 4) is 0 Å². The van der Waals surface area contributed by atoms with Crippen molar-refractivity contribution < 1.29 is 4.79 Å². The lowest BCUT2D eigenvalue weighted by Gasteiger charge is -2.30. The van der Waals surface area contributed by atoms with E-state index in [1.807, 2.05) is 12.1 Å². The summed E-state index contributed by atoms with van der Waals surface area (Å²) < 4.78 is 0. The molecule has 3 nitrogen and oxygen atoms in total. The van der Waals surface area contributed by atoms with Crippen molar-refractivity contribution in [1.29, 1.82) is 0 Å². The van der Waals surface area contributed by atoms with Gasteiger partial charge in [-0.25, -0.2) is 0 Å². The van der Waals surface area contributed by atoms with Crippen LogP contribution in [0.5, 0.6) is 0 Å². The quantitative estimate of drug-likeness (QED) is 0.873. The van der Waals surface area contributed by atoms with Gasteiger partial charge in [-0.15, -0.1) is 0 Å². The van der Waals surface area contributed by atoms with Gasteiger partial charge in [0.2, 0.25) is 5.91 Å². The molecule has 22 heavy (non-hydrogen) atoms. The molecule has 2 fully saturated rings. The number of benzene rings is 1. The maximum absolute atomic E-state index is 12.2. The molecule has 4 heteroatoms. The van der Waals surface area contributed by atoms with E-state index >= 15 is 0 Å². The Morgan fingerprint density at radius 2 is 1.95 bits per heavy atom. The molecule has 1 aliphatic heterocycles. The van der Waals surface area contributed by atoms with Crippen molar-refractivity contribution >= 4 is 17.5 Å². The highest BCUT2D eigenvalue weighted by Crippen LogP contribution is 2.40. The van der Waals surface area contributed by atoms with E-state index in [1.165, 1.54) is 24.8 Å². The molecule has 1 atom stereocenters. The Morgan fingerprint density at radius 3 is 2.59 bits per heavy atom. The average Bonchev–Trinajstić information content (AvgIpc) is 3.18. The number of carbonyl (C=O) groups is 1. The molecule has 0 bridgehead atoms. The molecule has 0 spiro atoms. The smallest absolute Gasteiger partial charge is 0.221 e. The zero-order valence-electron chi connectivity index (χ0n) is 13.0. The van der Waals surface area contributed by atoms with E-state index in [4.69, 9.17) is 11.6 Å². The van der Waals surface area contributed by atoms with E-state index in [1.54, 1.807) is 0 Å². The molecule has 3 rings (SSSR count).